The third-order valence-corrected chi connectivity index (χ3v) is 8.36. The van der Waals surface area contributed by atoms with E-state index in [1.165, 1.54) is 18.5 Å². The quantitative estimate of drug-likeness (QED) is 0.0692. The summed E-state index contributed by atoms with van der Waals surface area (Å²) < 4.78 is 0. The Bertz CT molecular complexity index is 2150. The van der Waals surface area contributed by atoms with E-state index in [0.717, 1.165) is 4.90 Å². The van der Waals surface area contributed by atoms with Crippen LogP contribution in [-0.4, -0.2) is 69.6 Å². The summed E-state index contributed by atoms with van der Waals surface area (Å²) in [7, 11) is 0. The maximum atomic E-state index is 13.2. The number of hydrogen-bond acceptors (Lipinski definition) is 9. The van der Waals surface area contributed by atoms with Crippen molar-refractivity contribution in [2.24, 2.45) is 0 Å². The van der Waals surface area contributed by atoms with Crippen LogP contribution in [0.25, 0.3) is 0 Å². The van der Waals surface area contributed by atoms with Gasteiger partial charge in [0.15, 0.2) is 0 Å². The van der Waals surface area contributed by atoms with Crippen molar-refractivity contribution < 1.29 is 28.8 Å². The van der Waals surface area contributed by atoms with Crippen LogP contribution in [0.2, 0.25) is 5.15 Å². The van der Waals surface area contributed by atoms with Gasteiger partial charge in [-0.25, -0.2) is 14.8 Å². The van der Waals surface area contributed by atoms with Crippen LogP contribution >= 0.6 is 11.6 Å². The zero-order valence-electron chi connectivity index (χ0n) is 27.5. The molecule has 0 radical (unpaired) electrons. The van der Waals surface area contributed by atoms with E-state index < -0.39 is 35.7 Å². The number of unbranched alkanes of at least 4 members (excludes halogenated alkanes) is 1. The number of benzene rings is 2. The highest BCUT2D eigenvalue weighted by Gasteiger charge is 2.45. The number of halogens is 1. The van der Waals surface area contributed by atoms with E-state index in [-0.39, 0.29) is 35.0 Å². The Morgan fingerprint density at radius 1 is 0.865 bits per heavy atom. The molecule has 0 saturated carbocycles. The lowest BCUT2D eigenvalue weighted by molar-refractivity contribution is -0.136. The minimum atomic E-state index is -1.03. The first-order chi connectivity index (χ1) is 25.2. The van der Waals surface area contributed by atoms with E-state index in [1.54, 1.807) is 60.7 Å². The van der Waals surface area contributed by atoms with Gasteiger partial charge >= 0.3 is 6.03 Å². The van der Waals surface area contributed by atoms with Crippen LogP contribution in [0.4, 0.5) is 21.9 Å². The van der Waals surface area contributed by atoms with Crippen molar-refractivity contribution in [1.82, 2.24) is 25.5 Å². The number of carbonyl (C=O) groups excluding carboxylic acids is 6. The average Bonchev–Trinajstić information content (AvgIpc) is 3.38. The molecule has 5 N–H and O–H groups in total. The molecule has 1 atom stereocenters. The first kappa shape index (κ1) is 35.2. The van der Waals surface area contributed by atoms with Gasteiger partial charge < -0.3 is 21.3 Å². The lowest BCUT2D eigenvalue weighted by Gasteiger charge is -2.27. The second-order valence-corrected chi connectivity index (χ2v) is 12.2. The lowest BCUT2D eigenvalue weighted by atomic mass is 10.0. The Morgan fingerprint density at radius 2 is 1.60 bits per heavy atom. The molecule has 7 amide bonds. The number of hydrogen-bond donors (Lipinski definition) is 5. The molecule has 0 spiro atoms. The van der Waals surface area contributed by atoms with E-state index >= 15 is 0 Å². The third kappa shape index (κ3) is 8.40. The number of aromatic nitrogens is 2. The first-order valence-corrected chi connectivity index (χ1v) is 16.7. The molecule has 2 aromatic carbocycles. The third-order valence-electron chi connectivity index (χ3n) is 8.16. The van der Waals surface area contributed by atoms with Crippen LogP contribution in [0.5, 0.6) is 0 Å². The predicted molar refractivity (Wildman–Crippen MR) is 192 cm³/mol. The number of imide groups is 2. The Labute approximate surface area is 302 Å². The molecule has 2 aliphatic heterocycles. The van der Waals surface area contributed by atoms with Crippen molar-refractivity contribution >= 4 is 64.2 Å². The van der Waals surface area contributed by atoms with E-state index in [1.807, 2.05) is 0 Å². The van der Waals surface area contributed by atoms with E-state index in [0.29, 0.717) is 59.8 Å². The highest BCUT2D eigenvalue weighted by atomic mass is 35.5. The van der Waals surface area contributed by atoms with Crippen LogP contribution < -0.4 is 26.6 Å². The van der Waals surface area contributed by atoms with Gasteiger partial charge in [-0.05, 0) is 85.8 Å². The first-order valence-electron chi connectivity index (χ1n) is 16.3. The van der Waals surface area contributed by atoms with Crippen molar-refractivity contribution in [3.8, 4) is 11.8 Å². The second-order valence-electron chi connectivity index (χ2n) is 11.8. The number of carbonyl (C=O) groups is 6. The zero-order valence-corrected chi connectivity index (χ0v) is 28.3. The van der Waals surface area contributed by atoms with Crippen LogP contribution in [0.15, 0.2) is 79.1 Å². The van der Waals surface area contributed by atoms with E-state index in [2.05, 4.69) is 48.4 Å². The maximum Gasteiger partial charge on any atom is 0.323 e. The standard InChI is InChI=1S/C37H31ClN8O6/c38-30-21-26(15-19-41-30)44-37(52)43-25-14-18-39-24(20-25)11-8-22-6-9-23(10-7-22)33(48)42-17-2-1-16-40-28-5-3-4-27-32(28)36(51)46(35(27)50)29-12-13-31(47)45-34(29)49/h3-7,9-10,14-15,18-21,29,40H,1-2,12-13,16-17H2,(H,42,48)(H,45,47,49)(H2,39,41,43,44,52). The molecule has 262 valence electrons. The van der Waals surface area contributed by atoms with Crippen molar-refractivity contribution in [3.05, 3.63) is 112 Å². The summed E-state index contributed by atoms with van der Waals surface area (Å²) in [6, 6.07) is 16.6. The molecule has 1 saturated heterocycles. The number of nitrogens with zero attached hydrogens (tertiary/aromatic N) is 3. The number of rotatable bonds is 10. The van der Waals surface area contributed by atoms with Gasteiger partial charge in [0.1, 0.15) is 16.9 Å². The lowest BCUT2D eigenvalue weighted by Crippen LogP contribution is -2.54. The second kappa shape index (κ2) is 16.0. The summed E-state index contributed by atoms with van der Waals surface area (Å²) in [6.45, 7) is 0.890. The summed E-state index contributed by atoms with van der Waals surface area (Å²) in [5, 5.41) is 13.9. The number of fused-ring (bicyclic) bond motifs is 1. The Morgan fingerprint density at radius 3 is 2.35 bits per heavy atom. The number of anilines is 3. The van der Waals surface area contributed by atoms with Crippen LogP contribution in [0, 0.1) is 11.8 Å². The predicted octanol–water partition coefficient (Wildman–Crippen LogP) is 4.20. The largest absolute Gasteiger partial charge is 0.384 e. The van der Waals surface area contributed by atoms with Crippen molar-refractivity contribution in [1.29, 1.82) is 0 Å². The molecule has 14 nitrogen and oxygen atoms in total. The van der Waals surface area contributed by atoms with Gasteiger partial charge in [0.05, 0.1) is 11.1 Å². The molecule has 4 heterocycles. The summed E-state index contributed by atoms with van der Waals surface area (Å²) >= 11 is 5.86. The highest BCUT2D eigenvalue weighted by molar-refractivity contribution is 6.29. The fraction of sp³-hybridized carbons (Fsp3) is 0.189. The molecule has 2 aliphatic rings. The molecule has 0 aliphatic carbocycles. The maximum absolute atomic E-state index is 13.2. The molecule has 52 heavy (non-hydrogen) atoms. The molecule has 0 bridgehead atoms. The molecular weight excluding hydrogens is 688 g/mol. The number of amides is 7. The Hall–Kier alpha value is -6.59. The van der Waals surface area contributed by atoms with Crippen LogP contribution in [0.1, 0.15) is 68.0 Å². The Kier molecular flexibility index (Phi) is 10.8. The SMILES string of the molecule is O=C1CCC(N2C(=O)c3cccc(NCCCCNC(=O)c4ccc(C#Cc5cc(NC(=O)Nc6ccnc(Cl)c6)ccn5)cc4)c3C2=O)C(=O)N1. The van der Waals surface area contributed by atoms with Gasteiger partial charge in [-0.15, -0.1) is 0 Å². The molecule has 15 heteroatoms. The average molecular weight is 719 g/mol. The minimum absolute atomic E-state index is 0.0497. The van der Waals surface area contributed by atoms with Gasteiger partial charge in [0.25, 0.3) is 17.7 Å². The smallest absolute Gasteiger partial charge is 0.323 e. The van der Waals surface area contributed by atoms with Gasteiger partial charge in [0, 0.05) is 60.1 Å². The topological polar surface area (TPSA) is 192 Å². The number of piperidine rings is 1. The summed E-state index contributed by atoms with van der Waals surface area (Å²) in [4.78, 5) is 84.3. The summed E-state index contributed by atoms with van der Waals surface area (Å²) in [5.74, 6) is 3.50. The van der Waals surface area contributed by atoms with Crippen LogP contribution in [0.3, 0.4) is 0 Å². The van der Waals surface area contributed by atoms with Gasteiger partial charge in [0.2, 0.25) is 11.8 Å². The molecule has 2 aromatic heterocycles. The highest BCUT2D eigenvalue weighted by Crippen LogP contribution is 2.32. The normalized spacial score (nSPS) is 14.9. The molecule has 1 unspecified atom stereocenters. The molecular formula is C37H31ClN8O6. The van der Waals surface area contributed by atoms with E-state index in [4.69, 9.17) is 11.6 Å². The Balaban J connectivity index is 0.940. The van der Waals surface area contributed by atoms with Crippen molar-refractivity contribution in [3.63, 3.8) is 0 Å². The fourth-order valence-corrected chi connectivity index (χ4v) is 5.80. The molecule has 4 aromatic rings. The van der Waals surface area contributed by atoms with Gasteiger partial charge in [-0.1, -0.05) is 23.6 Å². The molecule has 1 fully saturated rings. The van der Waals surface area contributed by atoms with Crippen LogP contribution in [-0.2, 0) is 9.59 Å². The van der Waals surface area contributed by atoms with Crippen molar-refractivity contribution in [2.45, 2.75) is 31.7 Å². The molecule has 6 rings (SSSR count). The monoisotopic (exact) mass is 718 g/mol. The summed E-state index contributed by atoms with van der Waals surface area (Å²) in [5.41, 5.74) is 3.45. The van der Waals surface area contributed by atoms with Gasteiger partial charge in [-0.2, -0.15) is 0 Å². The number of pyridine rings is 2. The van der Waals surface area contributed by atoms with E-state index in [9.17, 15) is 28.8 Å². The minimum Gasteiger partial charge on any atom is -0.384 e. The number of nitrogens with one attached hydrogen (secondary N) is 5. The van der Waals surface area contributed by atoms with Gasteiger partial charge in [-0.3, -0.25) is 34.2 Å². The summed E-state index contributed by atoms with van der Waals surface area (Å²) in [6.07, 6.45) is 4.45. The fourth-order valence-electron chi connectivity index (χ4n) is 5.63. The zero-order chi connectivity index (χ0) is 36.6. The number of urea groups is 1. The van der Waals surface area contributed by atoms with Crippen molar-refractivity contribution in [2.75, 3.05) is 29.0 Å².